The van der Waals surface area contributed by atoms with Gasteiger partial charge in [-0.05, 0) is 26.8 Å². The third kappa shape index (κ3) is 3.47. The van der Waals surface area contributed by atoms with E-state index in [0.29, 0.717) is 6.61 Å². The standard InChI is InChI=1S/C20H26N2O3/c1-4-25-20(24)15-9-11-22(12-10-15)14(3)19(23)18-13(2)21-17-8-6-5-7-16(17)18/h5-8,14-15,21H,4,9-12H2,1-3H3/p+1/t14-/m0/s1. The molecule has 1 fully saturated rings. The number of piperidine rings is 1. The van der Waals surface area contributed by atoms with E-state index in [1.165, 1.54) is 4.90 Å². The summed E-state index contributed by atoms with van der Waals surface area (Å²) in [5.74, 6) is 0.0772. The molecule has 0 amide bonds. The molecule has 5 heteroatoms. The Kier molecular flexibility index (Phi) is 5.23. The van der Waals surface area contributed by atoms with Crippen LogP contribution in [0.1, 0.15) is 42.7 Å². The second kappa shape index (κ2) is 7.40. The molecule has 0 unspecified atom stereocenters. The molecule has 2 aromatic rings. The zero-order chi connectivity index (χ0) is 18.0. The number of aromatic amines is 1. The molecule has 2 N–H and O–H groups in total. The molecule has 25 heavy (non-hydrogen) atoms. The zero-order valence-corrected chi connectivity index (χ0v) is 15.2. The molecule has 0 bridgehead atoms. The first kappa shape index (κ1) is 17.7. The fraction of sp³-hybridized carbons (Fsp3) is 0.500. The van der Waals surface area contributed by atoms with Gasteiger partial charge in [-0.1, -0.05) is 18.2 Å². The van der Waals surface area contributed by atoms with Crippen molar-refractivity contribution in [2.75, 3.05) is 19.7 Å². The molecule has 0 radical (unpaired) electrons. The first-order valence-electron chi connectivity index (χ1n) is 9.15. The average molecular weight is 343 g/mol. The number of rotatable bonds is 5. The van der Waals surface area contributed by atoms with Gasteiger partial charge < -0.3 is 14.6 Å². The van der Waals surface area contributed by atoms with Crippen LogP contribution in [0.5, 0.6) is 0 Å². The lowest BCUT2D eigenvalue weighted by molar-refractivity contribution is -0.919. The van der Waals surface area contributed by atoms with Crippen molar-refractivity contribution >= 4 is 22.7 Å². The summed E-state index contributed by atoms with van der Waals surface area (Å²) in [6.07, 6.45) is 1.58. The molecule has 0 spiro atoms. The van der Waals surface area contributed by atoms with Crippen molar-refractivity contribution in [3.63, 3.8) is 0 Å². The number of nitrogens with one attached hydrogen (secondary N) is 2. The van der Waals surface area contributed by atoms with Gasteiger partial charge >= 0.3 is 5.97 Å². The first-order valence-corrected chi connectivity index (χ1v) is 9.15. The maximum Gasteiger partial charge on any atom is 0.309 e. The highest BCUT2D eigenvalue weighted by Crippen LogP contribution is 2.23. The summed E-state index contributed by atoms with van der Waals surface area (Å²) >= 11 is 0. The normalized spacial score (nSPS) is 21.9. The topological polar surface area (TPSA) is 63.6 Å². The number of likely N-dealkylation sites (tertiary alicyclic amines) is 1. The zero-order valence-electron chi connectivity index (χ0n) is 15.2. The predicted molar refractivity (Wildman–Crippen MR) is 96.9 cm³/mol. The lowest BCUT2D eigenvalue weighted by Gasteiger charge is -2.31. The number of esters is 1. The molecule has 134 valence electrons. The molecule has 1 aromatic heterocycles. The van der Waals surface area contributed by atoms with E-state index >= 15 is 0 Å². The number of H-pyrrole nitrogens is 1. The van der Waals surface area contributed by atoms with Crippen LogP contribution in [0.3, 0.4) is 0 Å². The van der Waals surface area contributed by atoms with E-state index in [1.807, 2.05) is 45.0 Å². The van der Waals surface area contributed by atoms with Crippen molar-refractivity contribution in [3.05, 3.63) is 35.5 Å². The number of carbonyl (C=O) groups is 2. The van der Waals surface area contributed by atoms with Gasteiger partial charge in [0, 0.05) is 29.4 Å². The number of quaternary nitrogens is 1. The molecule has 0 aliphatic carbocycles. The van der Waals surface area contributed by atoms with E-state index in [2.05, 4.69) is 4.98 Å². The van der Waals surface area contributed by atoms with E-state index in [4.69, 9.17) is 4.74 Å². The minimum Gasteiger partial charge on any atom is -0.466 e. The smallest absolute Gasteiger partial charge is 0.309 e. The van der Waals surface area contributed by atoms with Crippen LogP contribution in [0.15, 0.2) is 24.3 Å². The van der Waals surface area contributed by atoms with Gasteiger partial charge in [-0.25, -0.2) is 0 Å². The highest BCUT2D eigenvalue weighted by atomic mass is 16.5. The molecule has 1 aromatic carbocycles. The summed E-state index contributed by atoms with van der Waals surface area (Å²) < 4.78 is 5.13. The van der Waals surface area contributed by atoms with Crippen LogP contribution < -0.4 is 4.90 Å². The van der Waals surface area contributed by atoms with E-state index < -0.39 is 0 Å². The molecule has 1 atom stereocenters. The Morgan fingerprint density at radius 3 is 2.64 bits per heavy atom. The lowest BCUT2D eigenvalue weighted by atomic mass is 9.94. The second-order valence-electron chi connectivity index (χ2n) is 6.94. The summed E-state index contributed by atoms with van der Waals surface area (Å²) in [5.41, 5.74) is 2.74. The molecule has 5 nitrogen and oxygen atoms in total. The van der Waals surface area contributed by atoms with E-state index in [9.17, 15) is 9.59 Å². The first-order chi connectivity index (χ1) is 12.0. The van der Waals surface area contributed by atoms with E-state index in [-0.39, 0.29) is 23.7 Å². The van der Waals surface area contributed by atoms with Crippen molar-refractivity contribution < 1.29 is 19.2 Å². The molecule has 0 saturated carbocycles. The largest absolute Gasteiger partial charge is 0.466 e. The van der Waals surface area contributed by atoms with Gasteiger partial charge in [0.25, 0.3) is 0 Å². The third-order valence-electron chi connectivity index (χ3n) is 5.39. The number of aryl methyl sites for hydroxylation is 1. The monoisotopic (exact) mass is 343 g/mol. The number of ketones is 1. The Morgan fingerprint density at radius 2 is 1.96 bits per heavy atom. The second-order valence-corrected chi connectivity index (χ2v) is 6.94. The van der Waals surface area contributed by atoms with Crippen molar-refractivity contribution in [1.29, 1.82) is 0 Å². The van der Waals surface area contributed by atoms with Crippen LogP contribution in [-0.4, -0.2) is 42.5 Å². The van der Waals surface area contributed by atoms with Crippen LogP contribution in [-0.2, 0) is 9.53 Å². The summed E-state index contributed by atoms with van der Waals surface area (Å²) in [6, 6.07) is 7.83. The average Bonchev–Trinajstić information content (AvgIpc) is 2.96. The summed E-state index contributed by atoms with van der Waals surface area (Å²) in [5, 5.41) is 0.998. The number of hydrogen-bond donors (Lipinski definition) is 2. The van der Waals surface area contributed by atoms with Gasteiger partial charge in [-0.3, -0.25) is 9.59 Å². The Bertz CT molecular complexity index is 772. The van der Waals surface area contributed by atoms with Crippen molar-refractivity contribution in [3.8, 4) is 0 Å². The minimum atomic E-state index is -0.110. The molecule has 1 saturated heterocycles. The Morgan fingerprint density at radius 1 is 1.28 bits per heavy atom. The fourth-order valence-electron chi connectivity index (χ4n) is 3.91. The molecular formula is C20H27N2O3+. The number of fused-ring (bicyclic) bond motifs is 1. The van der Waals surface area contributed by atoms with Gasteiger partial charge in [0.05, 0.1) is 31.2 Å². The molecule has 1 aliphatic heterocycles. The summed E-state index contributed by atoms with van der Waals surface area (Å²) in [7, 11) is 0. The molecule has 2 heterocycles. The fourth-order valence-corrected chi connectivity index (χ4v) is 3.91. The van der Waals surface area contributed by atoms with Gasteiger partial charge in [0.15, 0.2) is 0 Å². The summed E-state index contributed by atoms with van der Waals surface area (Å²) in [4.78, 5) is 29.6. The van der Waals surface area contributed by atoms with Crippen LogP contribution in [0, 0.1) is 12.8 Å². The van der Waals surface area contributed by atoms with Crippen LogP contribution in [0.2, 0.25) is 0 Å². The number of hydrogen-bond acceptors (Lipinski definition) is 3. The highest BCUT2D eigenvalue weighted by Gasteiger charge is 2.34. The van der Waals surface area contributed by atoms with E-state index in [0.717, 1.165) is 48.1 Å². The number of ether oxygens (including phenoxy) is 1. The van der Waals surface area contributed by atoms with Crippen molar-refractivity contribution in [2.24, 2.45) is 5.92 Å². The third-order valence-corrected chi connectivity index (χ3v) is 5.39. The number of Topliss-reactive ketones (excluding diaryl/α,β-unsaturated/α-hetero) is 1. The molecular weight excluding hydrogens is 316 g/mol. The van der Waals surface area contributed by atoms with Crippen molar-refractivity contribution in [2.45, 2.75) is 39.7 Å². The molecule has 1 aliphatic rings. The Labute approximate surface area is 148 Å². The lowest BCUT2D eigenvalue weighted by Crippen LogP contribution is -3.17. The van der Waals surface area contributed by atoms with Gasteiger partial charge in [-0.2, -0.15) is 0 Å². The van der Waals surface area contributed by atoms with Gasteiger partial charge in [0.2, 0.25) is 5.78 Å². The van der Waals surface area contributed by atoms with Gasteiger partial charge in [-0.15, -0.1) is 0 Å². The Balaban J connectivity index is 1.71. The van der Waals surface area contributed by atoms with Crippen LogP contribution in [0.25, 0.3) is 10.9 Å². The number of carbonyl (C=O) groups excluding carboxylic acids is 2. The maximum atomic E-state index is 13.1. The number of para-hydroxylation sites is 1. The maximum absolute atomic E-state index is 13.1. The quantitative estimate of drug-likeness (QED) is 0.644. The minimum absolute atomic E-state index is 0.0131. The summed E-state index contributed by atoms with van der Waals surface area (Å²) in [6.45, 7) is 7.89. The van der Waals surface area contributed by atoms with Crippen molar-refractivity contribution in [1.82, 2.24) is 4.98 Å². The van der Waals surface area contributed by atoms with E-state index in [1.54, 1.807) is 0 Å². The predicted octanol–water partition coefficient (Wildman–Crippen LogP) is 1.91. The van der Waals surface area contributed by atoms with Crippen LogP contribution in [0.4, 0.5) is 0 Å². The number of aromatic nitrogens is 1. The van der Waals surface area contributed by atoms with Gasteiger partial charge in [0.1, 0.15) is 6.04 Å². The highest BCUT2D eigenvalue weighted by molar-refractivity contribution is 6.10. The SMILES string of the molecule is CCOC(=O)C1CC[NH+]([C@@H](C)C(=O)c2c(C)[nH]c3ccccc23)CC1. The molecule has 3 rings (SSSR count). The van der Waals surface area contributed by atoms with Crippen LogP contribution >= 0.6 is 0 Å². The number of benzene rings is 1. The Hall–Kier alpha value is -2.14.